The maximum Gasteiger partial charge on any atom is 0.407 e. The van der Waals surface area contributed by atoms with Crippen LogP contribution in [0.4, 0.5) is 4.79 Å². The Hall–Kier alpha value is -1.52. The molecule has 0 aliphatic heterocycles. The van der Waals surface area contributed by atoms with Crippen LogP contribution in [0.25, 0.3) is 0 Å². The number of hydrogen-bond acceptors (Lipinski definition) is 3. The first kappa shape index (κ1) is 12.6. The van der Waals surface area contributed by atoms with Gasteiger partial charge in [0.15, 0.2) is 0 Å². The molecule has 0 aromatic carbocycles. The van der Waals surface area contributed by atoms with Gasteiger partial charge >= 0.3 is 6.09 Å². The Kier molecular flexibility index (Phi) is 3.93. The van der Waals surface area contributed by atoms with Crippen LogP contribution in [0.3, 0.4) is 0 Å². The second-order valence-electron chi connectivity index (χ2n) is 4.44. The number of nitrogens with one attached hydrogen (secondary N) is 1. The van der Waals surface area contributed by atoms with Crippen LogP contribution in [0.5, 0.6) is 0 Å². The van der Waals surface area contributed by atoms with Crippen molar-refractivity contribution >= 4 is 19.4 Å². The highest BCUT2D eigenvalue weighted by Crippen LogP contribution is 2.06. The van der Waals surface area contributed by atoms with Gasteiger partial charge in [-0.25, -0.2) is 4.79 Å². The average Bonchev–Trinajstić information content (AvgIpc) is 2.14. The Morgan fingerprint density at radius 1 is 1.50 bits per heavy atom. The summed E-state index contributed by atoms with van der Waals surface area (Å²) < 4.78 is 5.08. The highest BCUT2D eigenvalue weighted by Gasteiger charge is 2.15. The summed E-state index contributed by atoms with van der Waals surface area (Å²) in [6, 6.07) is 3.49. The van der Waals surface area contributed by atoms with Crippen molar-refractivity contribution in [2.24, 2.45) is 0 Å². The predicted octanol–water partition coefficient (Wildman–Crippen LogP) is 0.900. The summed E-state index contributed by atoms with van der Waals surface area (Å²) in [6.45, 7) is 5.77. The van der Waals surface area contributed by atoms with Crippen LogP contribution in [0.15, 0.2) is 18.3 Å². The summed E-state index contributed by atoms with van der Waals surface area (Å²) >= 11 is 0. The van der Waals surface area contributed by atoms with Crippen LogP contribution in [0.2, 0.25) is 0 Å². The number of pyridine rings is 1. The average molecular weight is 218 g/mol. The molecule has 0 bridgehead atoms. The van der Waals surface area contributed by atoms with Gasteiger partial charge in [0.25, 0.3) is 0 Å². The standard InChI is InChI=1S/C11H15BN2O2/c1-11(2,3)16-10(15)14-7-9-5-4-8(12)6-13-9/h4-6H,7H2,1-3H3,(H,14,15). The van der Waals surface area contributed by atoms with Crippen molar-refractivity contribution in [1.82, 2.24) is 10.3 Å². The van der Waals surface area contributed by atoms with Gasteiger partial charge in [-0.3, -0.25) is 4.98 Å². The van der Waals surface area contributed by atoms with Crippen LogP contribution < -0.4 is 10.8 Å². The lowest BCUT2D eigenvalue weighted by Gasteiger charge is -2.19. The van der Waals surface area contributed by atoms with Crippen LogP contribution in [-0.2, 0) is 11.3 Å². The van der Waals surface area contributed by atoms with Crippen molar-refractivity contribution in [3.05, 3.63) is 24.0 Å². The minimum absolute atomic E-state index is 0.329. The molecule has 1 amide bonds. The van der Waals surface area contributed by atoms with Crippen LogP contribution in [0, 0.1) is 0 Å². The van der Waals surface area contributed by atoms with Gasteiger partial charge < -0.3 is 10.1 Å². The second kappa shape index (κ2) is 5.01. The Labute approximate surface area is 96.8 Å². The normalized spacial score (nSPS) is 10.9. The number of amides is 1. The molecule has 0 unspecified atom stereocenters. The number of aromatic nitrogens is 1. The van der Waals surface area contributed by atoms with E-state index in [1.807, 2.05) is 20.8 Å². The van der Waals surface area contributed by atoms with Crippen molar-refractivity contribution in [3.8, 4) is 0 Å². The van der Waals surface area contributed by atoms with Gasteiger partial charge in [-0.15, -0.1) is 0 Å². The minimum atomic E-state index is -0.487. The summed E-state index contributed by atoms with van der Waals surface area (Å²) in [5.41, 5.74) is 0.847. The largest absolute Gasteiger partial charge is 0.444 e. The number of rotatable bonds is 2. The van der Waals surface area contributed by atoms with Gasteiger partial charge in [-0.2, -0.15) is 0 Å². The van der Waals surface area contributed by atoms with E-state index < -0.39 is 11.7 Å². The monoisotopic (exact) mass is 218 g/mol. The van der Waals surface area contributed by atoms with Crippen molar-refractivity contribution in [3.63, 3.8) is 0 Å². The SMILES string of the molecule is [B]c1ccc(CNC(=O)OC(C)(C)C)nc1. The van der Waals surface area contributed by atoms with Gasteiger partial charge in [0.1, 0.15) is 13.4 Å². The molecule has 0 aliphatic rings. The molecule has 0 saturated heterocycles. The van der Waals surface area contributed by atoms with E-state index in [9.17, 15) is 4.79 Å². The van der Waals surface area contributed by atoms with Gasteiger partial charge in [0, 0.05) is 6.20 Å². The maximum absolute atomic E-state index is 11.3. The molecule has 1 rings (SSSR count). The zero-order valence-electron chi connectivity index (χ0n) is 9.78. The molecule has 5 heteroatoms. The lowest BCUT2D eigenvalue weighted by molar-refractivity contribution is 0.0523. The molecule has 1 aromatic rings. The zero-order chi connectivity index (χ0) is 12.2. The van der Waals surface area contributed by atoms with Gasteiger partial charge in [0.05, 0.1) is 12.2 Å². The fourth-order valence-corrected chi connectivity index (χ4v) is 1.02. The summed E-state index contributed by atoms with van der Waals surface area (Å²) in [5, 5.41) is 2.61. The summed E-state index contributed by atoms with van der Waals surface area (Å²) in [5.74, 6) is 0. The third kappa shape index (κ3) is 4.82. The highest BCUT2D eigenvalue weighted by molar-refractivity contribution is 6.31. The Balaban J connectivity index is 2.40. The van der Waals surface area contributed by atoms with E-state index in [2.05, 4.69) is 10.3 Å². The van der Waals surface area contributed by atoms with E-state index in [1.54, 1.807) is 18.3 Å². The smallest absolute Gasteiger partial charge is 0.407 e. The molecule has 0 aliphatic carbocycles. The van der Waals surface area contributed by atoms with E-state index in [1.165, 1.54) is 0 Å². The molecule has 1 heterocycles. The first-order chi connectivity index (χ1) is 7.37. The van der Waals surface area contributed by atoms with Crippen molar-refractivity contribution < 1.29 is 9.53 Å². The molecule has 0 saturated carbocycles. The summed E-state index contributed by atoms with van der Waals surface area (Å²) in [6.07, 6.45) is 1.10. The quantitative estimate of drug-likeness (QED) is 0.750. The van der Waals surface area contributed by atoms with Crippen LogP contribution in [0.1, 0.15) is 26.5 Å². The first-order valence-corrected chi connectivity index (χ1v) is 5.04. The van der Waals surface area contributed by atoms with Crippen molar-refractivity contribution in [1.29, 1.82) is 0 Å². The van der Waals surface area contributed by atoms with Gasteiger partial charge in [-0.1, -0.05) is 11.5 Å². The van der Waals surface area contributed by atoms with Gasteiger partial charge in [-0.05, 0) is 26.8 Å². The maximum atomic E-state index is 11.3. The number of carbonyl (C=O) groups is 1. The molecule has 0 atom stereocenters. The predicted molar refractivity (Wildman–Crippen MR) is 62.7 cm³/mol. The molecule has 16 heavy (non-hydrogen) atoms. The first-order valence-electron chi connectivity index (χ1n) is 5.04. The van der Waals surface area contributed by atoms with Gasteiger partial charge in [0.2, 0.25) is 0 Å². The topological polar surface area (TPSA) is 51.2 Å². The van der Waals surface area contributed by atoms with Crippen molar-refractivity contribution in [2.45, 2.75) is 32.9 Å². The number of alkyl carbamates (subject to hydrolysis) is 1. The molecule has 1 N–H and O–H groups in total. The third-order valence-corrected chi connectivity index (χ3v) is 1.66. The molecular weight excluding hydrogens is 203 g/mol. The molecule has 1 aromatic heterocycles. The lowest BCUT2D eigenvalue weighted by atomic mass is 9.99. The molecule has 4 nitrogen and oxygen atoms in total. The van der Waals surface area contributed by atoms with Crippen LogP contribution in [-0.4, -0.2) is 24.5 Å². The van der Waals surface area contributed by atoms with Crippen LogP contribution >= 0.6 is 0 Å². The minimum Gasteiger partial charge on any atom is -0.444 e. The number of carbonyl (C=O) groups excluding carboxylic acids is 1. The second-order valence-corrected chi connectivity index (χ2v) is 4.44. The van der Waals surface area contributed by atoms with Crippen molar-refractivity contribution in [2.75, 3.05) is 0 Å². The number of nitrogens with zero attached hydrogens (tertiary/aromatic N) is 1. The van der Waals surface area contributed by atoms with E-state index in [-0.39, 0.29) is 0 Å². The fourth-order valence-electron chi connectivity index (χ4n) is 1.02. The van der Waals surface area contributed by atoms with E-state index >= 15 is 0 Å². The lowest BCUT2D eigenvalue weighted by Crippen LogP contribution is -2.32. The molecule has 2 radical (unpaired) electrons. The molecule has 0 fully saturated rings. The van der Waals surface area contributed by atoms with E-state index in [0.29, 0.717) is 12.0 Å². The Morgan fingerprint density at radius 2 is 2.19 bits per heavy atom. The summed E-state index contributed by atoms with van der Waals surface area (Å²) in [7, 11) is 5.49. The Bertz CT molecular complexity index is 357. The third-order valence-electron chi connectivity index (χ3n) is 1.66. The zero-order valence-corrected chi connectivity index (χ0v) is 9.78. The van der Waals surface area contributed by atoms with E-state index in [4.69, 9.17) is 12.6 Å². The molecule has 0 spiro atoms. The summed E-state index contributed by atoms with van der Waals surface area (Å²) in [4.78, 5) is 15.4. The number of hydrogen-bond donors (Lipinski definition) is 1. The molecular formula is C11H15BN2O2. The van der Waals surface area contributed by atoms with E-state index in [0.717, 1.165) is 5.69 Å². The molecule has 84 valence electrons. The fraction of sp³-hybridized carbons (Fsp3) is 0.455. The Morgan fingerprint density at radius 3 is 2.69 bits per heavy atom. The highest BCUT2D eigenvalue weighted by atomic mass is 16.6. The number of ether oxygens (including phenoxy) is 1.